The second kappa shape index (κ2) is 9.21. The Kier molecular flexibility index (Phi) is 7.24. The van der Waals surface area contributed by atoms with Gasteiger partial charge in [0.2, 0.25) is 15.9 Å². The van der Waals surface area contributed by atoms with Crippen LogP contribution >= 0.6 is 11.6 Å². The average molecular weight is 411 g/mol. The third-order valence-electron chi connectivity index (χ3n) is 3.78. The molecule has 0 aliphatic rings. The number of benzene rings is 2. The Hall–Kier alpha value is -2.09. The first-order chi connectivity index (χ1) is 12.7. The second-order valence-electron chi connectivity index (χ2n) is 6.48. The molecule has 0 spiro atoms. The molecule has 0 saturated heterocycles. The molecule has 0 saturated carbocycles. The van der Waals surface area contributed by atoms with Crippen LogP contribution in [-0.2, 0) is 14.8 Å². The predicted octanol–water partition coefficient (Wildman–Crippen LogP) is 3.68. The number of anilines is 1. The zero-order valence-electron chi connectivity index (χ0n) is 15.4. The Labute approximate surface area is 164 Å². The van der Waals surface area contributed by atoms with Gasteiger partial charge in [0.1, 0.15) is 11.8 Å². The van der Waals surface area contributed by atoms with Gasteiger partial charge in [0, 0.05) is 10.7 Å². The molecule has 6 nitrogen and oxygen atoms in total. The zero-order chi connectivity index (χ0) is 20.0. The summed E-state index contributed by atoms with van der Waals surface area (Å²) < 4.78 is 32.9. The van der Waals surface area contributed by atoms with E-state index in [0.717, 1.165) is 0 Å². The zero-order valence-corrected chi connectivity index (χ0v) is 17.0. The van der Waals surface area contributed by atoms with E-state index in [1.54, 1.807) is 36.4 Å². The number of amides is 1. The van der Waals surface area contributed by atoms with E-state index in [-0.39, 0.29) is 10.8 Å². The minimum atomic E-state index is -3.87. The standard InChI is InChI=1S/C19H23ClN2O4S/c1-13(2)11-18(19(23)21-15-6-4-5-14(20)12-15)22-27(24,25)17-9-7-16(26-3)8-10-17/h4-10,12-13,18,22H,11H2,1-3H3,(H,21,23)/t18-/m1/s1. The van der Waals surface area contributed by atoms with Crippen LogP contribution in [0.3, 0.4) is 0 Å². The highest BCUT2D eigenvalue weighted by molar-refractivity contribution is 7.89. The lowest BCUT2D eigenvalue weighted by Gasteiger charge is -2.20. The molecule has 0 aliphatic carbocycles. The van der Waals surface area contributed by atoms with Crippen LogP contribution < -0.4 is 14.8 Å². The van der Waals surface area contributed by atoms with E-state index >= 15 is 0 Å². The molecule has 0 heterocycles. The normalized spacial score (nSPS) is 12.6. The van der Waals surface area contributed by atoms with Crippen molar-refractivity contribution in [2.45, 2.75) is 31.2 Å². The summed E-state index contributed by atoms with van der Waals surface area (Å²) in [6, 6.07) is 11.7. The van der Waals surface area contributed by atoms with Crippen LogP contribution in [0.25, 0.3) is 0 Å². The van der Waals surface area contributed by atoms with Crippen molar-refractivity contribution in [1.82, 2.24) is 4.72 Å². The summed E-state index contributed by atoms with van der Waals surface area (Å²) in [7, 11) is -2.37. The highest BCUT2D eigenvalue weighted by Gasteiger charge is 2.26. The third-order valence-corrected chi connectivity index (χ3v) is 5.51. The molecular formula is C19H23ClN2O4S. The number of carbonyl (C=O) groups excluding carboxylic acids is 1. The van der Waals surface area contributed by atoms with Crippen molar-refractivity contribution in [2.75, 3.05) is 12.4 Å². The van der Waals surface area contributed by atoms with E-state index in [2.05, 4.69) is 10.0 Å². The Morgan fingerprint density at radius 2 is 1.81 bits per heavy atom. The number of hydrogen-bond acceptors (Lipinski definition) is 4. The molecule has 8 heteroatoms. The van der Waals surface area contributed by atoms with Crippen LogP contribution in [0.2, 0.25) is 5.02 Å². The Balaban J connectivity index is 2.20. The maximum atomic E-state index is 12.7. The van der Waals surface area contributed by atoms with Crippen LogP contribution in [-0.4, -0.2) is 27.5 Å². The molecule has 0 bridgehead atoms. The summed E-state index contributed by atoms with van der Waals surface area (Å²) in [5, 5.41) is 3.19. The monoisotopic (exact) mass is 410 g/mol. The van der Waals surface area contributed by atoms with Crippen molar-refractivity contribution in [1.29, 1.82) is 0 Å². The fourth-order valence-corrected chi connectivity index (χ4v) is 3.88. The molecule has 2 N–H and O–H groups in total. The van der Waals surface area contributed by atoms with Crippen LogP contribution in [0.15, 0.2) is 53.4 Å². The number of sulfonamides is 1. The summed E-state index contributed by atoms with van der Waals surface area (Å²) in [5.74, 6) is 0.216. The minimum Gasteiger partial charge on any atom is -0.497 e. The van der Waals surface area contributed by atoms with Crippen LogP contribution in [0.4, 0.5) is 5.69 Å². The summed E-state index contributed by atoms with van der Waals surface area (Å²) in [6.45, 7) is 3.84. The Bertz CT molecular complexity index is 883. The molecule has 2 rings (SSSR count). The SMILES string of the molecule is COc1ccc(S(=O)(=O)N[C@H](CC(C)C)C(=O)Nc2cccc(Cl)c2)cc1. The van der Waals surface area contributed by atoms with Gasteiger partial charge in [-0.3, -0.25) is 4.79 Å². The number of rotatable bonds is 8. The molecule has 146 valence electrons. The van der Waals surface area contributed by atoms with Gasteiger partial charge in [0.15, 0.2) is 0 Å². The number of ether oxygens (including phenoxy) is 1. The van der Waals surface area contributed by atoms with Gasteiger partial charge in [-0.25, -0.2) is 8.42 Å². The van der Waals surface area contributed by atoms with Crippen LogP contribution in [0, 0.1) is 5.92 Å². The highest BCUT2D eigenvalue weighted by Crippen LogP contribution is 2.19. The van der Waals surface area contributed by atoms with E-state index in [9.17, 15) is 13.2 Å². The maximum absolute atomic E-state index is 12.7. The lowest BCUT2D eigenvalue weighted by atomic mass is 10.0. The van der Waals surface area contributed by atoms with Crippen LogP contribution in [0.1, 0.15) is 20.3 Å². The van der Waals surface area contributed by atoms with Crippen molar-refractivity contribution < 1.29 is 17.9 Å². The molecule has 1 amide bonds. The van der Waals surface area contributed by atoms with Gasteiger partial charge in [0.25, 0.3) is 0 Å². The van der Waals surface area contributed by atoms with Crippen molar-refractivity contribution in [2.24, 2.45) is 5.92 Å². The minimum absolute atomic E-state index is 0.0626. The summed E-state index contributed by atoms with van der Waals surface area (Å²) in [6.07, 6.45) is 0.349. The fourth-order valence-electron chi connectivity index (χ4n) is 2.49. The van der Waals surface area contributed by atoms with Crippen LogP contribution in [0.5, 0.6) is 5.75 Å². The van der Waals surface area contributed by atoms with Crippen molar-refractivity contribution in [3.8, 4) is 5.75 Å². The molecule has 27 heavy (non-hydrogen) atoms. The lowest BCUT2D eigenvalue weighted by Crippen LogP contribution is -2.44. The molecule has 0 unspecified atom stereocenters. The fraction of sp³-hybridized carbons (Fsp3) is 0.316. The molecule has 0 aliphatic heterocycles. The van der Waals surface area contributed by atoms with Crippen molar-refractivity contribution in [3.63, 3.8) is 0 Å². The van der Waals surface area contributed by atoms with E-state index in [1.165, 1.54) is 19.2 Å². The molecule has 0 fully saturated rings. The summed E-state index contributed by atoms with van der Waals surface area (Å²) in [5.41, 5.74) is 0.505. The maximum Gasteiger partial charge on any atom is 0.242 e. The number of carbonyl (C=O) groups is 1. The van der Waals surface area contributed by atoms with Crippen molar-refractivity contribution in [3.05, 3.63) is 53.6 Å². The van der Waals surface area contributed by atoms with Gasteiger partial charge in [-0.15, -0.1) is 0 Å². The van der Waals surface area contributed by atoms with Gasteiger partial charge in [-0.1, -0.05) is 31.5 Å². The van der Waals surface area contributed by atoms with Gasteiger partial charge in [-0.2, -0.15) is 4.72 Å². The van der Waals surface area contributed by atoms with Crippen molar-refractivity contribution >= 4 is 33.2 Å². The smallest absolute Gasteiger partial charge is 0.242 e. The van der Waals surface area contributed by atoms with Gasteiger partial charge in [0.05, 0.1) is 12.0 Å². The number of halogens is 1. The molecule has 2 aromatic rings. The summed E-state index contributed by atoms with van der Waals surface area (Å²) in [4.78, 5) is 12.7. The van der Waals surface area contributed by atoms with E-state index in [0.29, 0.717) is 22.9 Å². The molecule has 1 atom stereocenters. The first-order valence-corrected chi connectivity index (χ1v) is 10.3. The van der Waals surface area contributed by atoms with E-state index in [1.807, 2.05) is 13.8 Å². The van der Waals surface area contributed by atoms with Gasteiger partial charge < -0.3 is 10.1 Å². The third kappa shape index (κ3) is 6.23. The van der Waals surface area contributed by atoms with Gasteiger partial charge >= 0.3 is 0 Å². The predicted molar refractivity (Wildman–Crippen MR) is 107 cm³/mol. The highest BCUT2D eigenvalue weighted by atomic mass is 35.5. The first-order valence-electron chi connectivity index (χ1n) is 8.44. The van der Waals surface area contributed by atoms with E-state index < -0.39 is 22.0 Å². The largest absolute Gasteiger partial charge is 0.497 e. The quantitative estimate of drug-likeness (QED) is 0.695. The number of nitrogens with one attached hydrogen (secondary N) is 2. The van der Waals surface area contributed by atoms with Gasteiger partial charge in [-0.05, 0) is 54.8 Å². The lowest BCUT2D eigenvalue weighted by molar-refractivity contribution is -0.118. The second-order valence-corrected chi connectivity index (χ2v) is 8.63. The molecule has 0 radical (unpaired) electrons. The van der Waals surface area contributed by atoms with E-state index in [4.69, 9.17) is 16.3 Å². The number of hydrogen-bond donors (Lipinski definition) is 2. The Morgan fingerprint density at radius 3 is 2.37 bits per heavy atom. The topological polar surface area (TPSA) is 84.5 Å². The molecule has 2 aromatic carbocycles. The molecular weight excluding hydrogens is 388 g/mol. The first kappa shape index (κ1) is 21.2. The Morgan fingerprint density at radius 1 is 1.15 bits per heavy atom. The average Bonchev–Trinajstić information content (AvgIpc) is 2.60. The number of methoxy groups -OCH3 is 1. The summed E-state index contributed by atoms with van der Waals surface area (Å²) >= 11 is 5.93. The molecule has 0 aromatic heterocycles.